The standard InChI is InChI=1S/C13H13F3N2O2/c1-2-3-10(8-17)18-12(19)9-4-6-11(7-5-9)20-13(14,15)16/h4-7,10H,2-3H2,1H3,(H,18,19). The topological polar surface area (TPSA) is 62.1 Å². The van der Waals surface area contributed by atoms with Crippen LogP contribution in [-0.4, -0.2) is 18.3 Å². The van der Waals surface area contributed by atoms with Gasteiger partial charge in [-0.05, 0) is 30.7 Å². The lowest BCUT2D eigenvalue weighted by molar-refractivity contribution is -0.274. The van der Waals surface area contributed by atoms with Crippen molar-refractivity contribution in [3.8, 4) is 11.8 Å². The second-order valence-corrected chi connectivity index (χ2v) is 4.02. The number of benzene rings is 1. The van der Waals surface area contributed by atoms with Crippen LogP contribution in [0.3, 0.4) is 0 Å². The summed E-state index contributed by atoms with van der Waals surface area (Å²) in [7, 11) is 0. The number of nitrogens with zero attached hydrogens (tertiary/aromatic N) is 1. The first kappa shape index (κ1) is 15.8. The summed E-state index contributed by atoms with van der Waals surface area (Å²) in [4.78, 5) is 11.8. The van der Waals surface area contributed by atoms with E-state index in [0.29, 0.717) is 6.42 Å². The van der Waals surface area contributed by atoms with Crippen LogP contribution < -0.4 is 10.1 Å². The number of amides is 1. The molecule has 0 aromatic heterocycles. The Hall–Kier alpha value is -2.23. The molecule has 0 fully saturated rings. The van der Waals surface area contributed by atoms with Crippen molar-refractivity contribution in [2.24, 2.45) is 0 Å². The van der Waals surface area contributed by atoms with Crippen LogP contribution >= 0.6 is 0 Å². The Labute approximate surface area is 114 Å². The molecule has 0 radical (unpaired) electrons. The van der Waals surface area contributed by atoms with Crippen molar-refractivity contribution in [1.29, 1.82) is 5.26 Å². The highest BCUT2D eigenvalue weighted by Crippen LogP contribution is 2.22. The SMILES string of the molecule is CCCC(C#N)NC(=O)c1ccc(OC(F)(F)F)cc1. The number of ether oxygens (including phenoxy) is 1. The summed E-state index contributed by atoms with van der Waals surface area (Å²) < 4.78 is 39.6. The highest BCUT2D eigenvalue weighted by atomic mass is 19.4. The van der Waals surface area contributed by atoms with Crippen LogP contribution in [0.5, 0.6) is 5.75 Å². The number of alkyl halides is 3. The van der Waals surface area contributed by atoms with Crippen LogP contribution in [0, 0.1) is 11.3 Å². The van der Waals surface area contributed by atoms with Crippen molar-refractivity contribution >= 4 is 5.91 Å². The molecule has 1 N–H and O–H groups in total. The summed E-state index contributed by atoms with van der Waals surface area (Å²) >= 11 is 0. The monoisotopic (exact) mass is 286 g/mol. The van der Waals surface area contributed by atoms with Crippen LogP contribution in [0.25, 0.3) is 0 Å². The van der Waals surface area contributed by atoms with Crippen molar-refractivity contribution < 1.29 is 22.7 Å². The van der Waals surface area contributed by atoms with Gasteiger partial charge in [0.05, 0.1) is 6.07 Å². The van der Waals surface area contributed by atoms with Crippen LogP contribution in [0.1, 0.15) is 30.1 Å². The molecule has 20 heavy (non-hydrogen) atoms. The predicted molar refractivity (Wildman–Crippen MR) is 64.9 cm³/mol. The zero-order valence-corrected chi connectivity index (χ0v) is 10.7. The molecule has 0 bridgehead atoms. The Morgan fingerprint density at radius 1 is 1.40 bits per heavy atom. The highest BCUT2D eigenvalue weighted by Gasteiger charge is 2.31. The molecule has 0 aliphatic carbocycles. The number of hydrogen-bond acceptors (Lipinski definition) is 3. The summed E-state index contributed by atoms with van der Waals surface area (Å²) in [6.45, 7) is 1.87. The van der Waals surface area contributed by atoms with Crippen molar-refractivity contribution in [2.45, 2.75) is 32.2 Å². The van der Waals surface area contributed by atoms with Gasteiger partial charge in [0.25, 0.3) is 5.91 Å². The fraction of sp³-hybridized carbons (Fsp3) is 0.385. The average molecular weight is 286 g/mol. The molecule has 7 heteroatoms. The molecular formula is C13H13F3N2O2. The van der Waals surface area contributed by atoms with Crippen LogP contribution in [-0.2, 0) is 0 Å². The number of carbonyl (C=O) groups is 1. The van der Waals surface area contributed by atoms with Crippen molar-refractivity contribution in [1.82, 2.24) is 5.32 Å². The van der Waals surface area contributed by atoms with Gasteiger partial charge in [0.1, 0.15) is 11.8 Å². The van der Waals surface area contributed by atoms with E-state index in [1.54, 1.807) is 0 Å². The summed E-state index contributed by atoms with van der Waals surface area (Å²) in [5.74, 6) is -0.914. The number of halogens is 3. The van der Waals surface area contributed by atoms with Gasteiger partial charge in [0.2, 0.25) is 0 Å². The summed E-state index contributed by atoms with van der Waals surface area (Å²) in [5, 5.41) is 11.3. The van der Waals surface area contributed by atoms with Gasteiger partial charge in [-0.2, -0.15) is 5.26 Å². The van der Waals surface area contributed by atoms with Crippen LogP contribution in [0.4, 0.5) is 13.2 Å². The van der Waals surface area contributed by atoms with E-state index < -0.39 is 24.1 Å². The minimum Gasteiger partial charge on any atom is -0.406 e. The van der Waals surface area contributed by atoms with E-state index in [2.05, 4.69) is 10.1 Å². The lowest BCUT2D eigenvalue weighted by Gasteiger charge is -2.11. The molecule has 0 aliphatic heterocycles. The van der Waals surface area contributed by atoms with E-state index in [0.717, 1.165) is 18.6 Å². The van der Waals surface area contributed by atoms with E-state index in [9.17, 15) is 18.0 Å². The summed E-state index contributed by atoms with van der Waals surface area (Å²) in [6.07, 6.45) is -3.52. The smallest absolute Gasteiger partial charge is 0.406 e. The molecule has 0 saturated heterocycles. The third-order valence-electron chi connectivity index (χ3n) is 2.39. The molecule has 0 spiro atoms. The van der Waals surface area contributed by atoms with Crippen molar-refractivity contribution in [2.75, 3.05) is 0 Å². The molecule has 1 unspecified atom stereocenters. The Kier molecular flexibility index (Phi) is 5.38. The highest BCUT2D eigenvalue weighted by molar-refractivity contribution is 5.94. The molecule has 1 aromatic carbocycles. The molecule has 0 heterocycles. The Morgan fingerprint density at radius 2 is 2.00 bits per heavy atom. The van der Waals surface area contributed by atoms with E-state index >= 15 is 0 Å². The number of nitriles is 1. The summed E-state index contributed by atoms with van der Waals surface area (Å²) in [5.41, 5.74) is 0.163. The predicted octanol–water partition coefficient (Wildman–Crippen LogP) is 3.01. The molecule has 0 aliphatic rings. The van der Waals surface area contributed by atoms with Gasteiger partial charge in [0, 0.05) is 5.56 Å². The van der Waals surface area contributed by atoms with Gasteiger partial charge in [-0.3, -0.25) is 4.79 Å². The fourth-order valence-electron chi connectivity index (χ4n) is 1.51. The van der Waals surface area contributed by atoms with E-state index in [4.69, 9.17) is 5.26 Å². The zero-order valence-electron chi connectivity index (χ0n) is 10.7. The Balaban J connectivity index is 2.69. The third-order valence-corrected chi connectivity index (χ3v) is 2.39. The maximum Gasteiger partial charge on any atom is 0.573 e. The van der Waals surface area contributed by atoms with E-state index in [1.165, 1.54) is 12.1 Å². The second kappa shape index (κ2) is 6.80. The minimum absolute atomic E-state index is 0.163. The largest absolute Gasteiger partial charge is 0.573 e. The van der Waals surface area contributed by atoms with Gasteiger partial charge in [-0.25, -0.2) is 0 Å². The molecule has 1 amide bonds. The van der Waals surface area contributed by atoms with Crippen molar-refractivity contribution in [3.63, 3.8) is 0 Å². The van der Waals surface area contributed by atoms with Gasteiger partial charge >= 0.3 is 6.36 Å². The number of hydrogen-bond donors (Lipinski definition) is 1. The Morgan fingerprint density at radius 3 is 2.45 bits per heavy atom. The minimum atomic E-state index is -4.77. The first-order valence-corrected chi connectivity index (χ1v) is 5.92. The average Bonchev–Trinajstić information content (AvgIpc) is 2.37. The molecule has 4 nitrogen and oxygen atoms in total. The maximum atomic E-state index is 12.0. The number of carbonyl (C=O) groups excluding carboxylic acids is 1. The quantitative estimate of drug-likeness (QED) is 0.905. The van der Waals surface area contributed by atoms with Gasteiger partial charge in [-0.15, -0.1) is 13.2 Å². The van der Waals surface area contributed by atoms with E-state index in [-0.39, 0.29) is 5.56 Å². The van der Waals surface area contributed by atoms with Crippen molar-refractivity contribution in [3.05, 3.63) is 29.8 Å². The fourth-order valence-corrected chi connectivity index (χ4v) is 1.51. The van der Waals surface area contributed by atoms with Crippen LogP contribution in [0.2, 0.25) is 0 Å². The first-order chi connectivity index (χ1) is 9.35. The zero-order chi connectivity index (χ0) is 15.2. The molecule has 1 aromatic rings. The molecule has 0 saturated carbocycles. The second-order valence-electron chi connectivity index (χ2n) is 4.02. The number of nitrogens with one attached hydrogen (secondary N) is 1. The lowest BCUT2D eigenvalue weighted by Crippen LogP contribution is -2.33. The Bertz CT molecular complexity index is 492. The molecule has 108 valence electrons. The van der Waals surface area contributed by atoms with Crippen LogP contribution in [0.15, 0.2) is 24.3 Å². The molecule has 1 atom stereocenters. The summed E-state index contributed by atoms with van der Waals surface area (Å²) in [6, 6.07) is 5.83. The lowest BCUT2D eigenvalue weighted by atomic mass is 10.1. The molecular weight excluding hydrogens is 273 g/mol. The number of rotatable bonds is 5. The van der Waals surface area contributed by atoms with E-state index in [1.807, 2.05) is 13.0 Å². The van der Waals surface area contributed by atoms with Gasteiger partial charge in [0.15, 0.2) is 0 Å². The molecule has 1 rings (SSSR count). The van der Waals surface area contributed by atoms with Gasteiger partial charge in [-0.1, -0.05) is 13.3 Å². The normalized spacial score (nSPS) is 12.3. The first-order valence-electron chi connectivity index (χ1n) is 5.92. The maximum absolute atomic E-state index is 12.0. The van der Waals surface area contributed by atoms with Gasteiger partial charge < -0.3 is 10.1 Å². The third kappa shape index (κ3) is 5.18.